The van der Waals surface area contributed by atoms with Gasteiger partial charge in [0.25, 0.3) is 0 Å². The van der Waals surface area contributed by atoms with Gasteiger partial charge in [-0.25, -0.2) is 34.6 Å². The lowest BCUT2D eigenvalue weighted by Gasteiger charge is -2.16. The van der Waals surface area contributed by atoms with Gasteiger partial charge in [-0.3, -0.25) is 14.6 Å². The number of aryl methyl sites for hydroxylation is 7. The molecule has 13 aromatic rings. The highest BCUT2D eigenvalue weighted by molar-refractivity contribution is 8.14. The van der Waals surface area contributed by atoms with Gasteiger partial charge >= 0.3 is 6.01 Å². The summed E-state index contributed by atoms with van der Waals surface area (Å²) in [6.45, 7) is 99.2. The van der Waals surface area contributed by atoms with Crippen LogP contribution < -0.4 is 5.32 Å². The number of carbonyl (C=O) groups is 2. The predicted molar refractivity (Wildman–Crippen MR) is 603 cm³/mol. The molecule has 32 nitrogen and oxygen atoms in total. The number of rotatable bonds is 10. The number of carbonyl (C=O) groups excluding carboxylic acids is 2. The van der Waals surface area contributed by atoms with Crippen molar-refractivity contribution < 1.29 is 36.2 Å². The number of nitrogens with zero attached hydrogens (tertiary/aromatic N) is 23. The number of nitrogens with one attached hydrogen (secondary N) is 1. The molecule has 1 N–H and O–H groups in total. The standard InChI is InChI=1S/C13H17N3.C9H14N2O2.C9H15NS.C8H15N3O.C8H13NO.C8H13NS.2C7H12N2O.C7H11NO.C7H13NS.C7H11NS.C6H10N2O.2C6H10N2S/c1-13(2,3)12-14-11(16(4)15-12)10-8-6-5-7-9-10;1-6(12)5-7-10-11-8(13-7)9(2,3)4;1-5-7-6-11-8(10-7)9(2,3)4;1-5-9-7-11-10-6(12-7)8(2,3)4;1-8(2,3)6-4-5-7(10)9-6;1-6-5-10-7(9-6)8(2,3)4;1-5-8-9-6(10-5)7(2,3)4;1-4-6-8-9-7(10-6)5(2)3;3*1-7(2,3)6-8-4-5-9-6;1-4(2)6-7-5(3)8-9-6;1-6(2,3)5-8-7-4-9-5;1-4(2)6-8-7-5(3)9-6/h5-9H,1-4H3;5H2,1-4H3;6H,5H2,1-4H3;5H2,1-4H3,(H,9,11);4-5H2,1-3H3;5H,1-4H3;1-4H3;5H,4H2,1-3H3;4-5H,1-3H3;4-5H2,1-3H3;4-5H,1-3H3;3*4H,1-3H3. The average molecular weight is 2130 g/mol. The highest BCUT2D eigenvalue weighted by Crippen LogP contribution is 2.33. The van der Waals surface area contributed by atoms with E-state index in [9.17, 15) is 9.59 Å². The number of oxazole rings is 1. The molecule has 0 fully saturated rings. The van der Waals surface area contributed by atoms with Crippen LogP contribution in [0.15, 0.2) is 107 Å². The van der Waals surface area contributed by atoms with Gasteiger partial charge in [0.05, 0.1) is 38.4 Å². The Hall–Kier alpha value is -9.89. The van der Waals surface area contributed by atoms with Crippen molar-refractivity contribution in [1.82, 2.24) is 106 Å². The van der Waals surface area contributed by atoms with Crippen LogP contribution in [0.1, 0.15) is 434 Å². The van der Waals surface area contributed by atoms with Crippen molar-refractivity contribution in [2.24, 2.45) is 27.9 Å². The molecule has 0 radical (unpaired) electrons. The summed E-state index contributed by atoms with van der Waals surface area (Å²) in [5, 5.41) is 72.0. The number of Topliss-reactive ketones (excluding diaryl/α,β-unsaturated/α-hetero) is 1. The fourth-order valence-electron chi connectivity index (χ4n) is 10.5. The molecule has 0 unspecified atom stereocenters. The fourth-order valence-corrected chi connectivity index (χ4v) is 15.4. The van der Waals surface area contributed by atoms with E-state index in [1.54, 1.807) is 81.6 Å². The number of thioether (sulfide) groups is 1. The van der Waals surface area contributed by atoms with Crippen LogP contribution in [0.3, 0.4) is 0 Å². The highest BCUT2D eigenvalue weighted by Gasteiger charge is 2.29. The zero-order valence-corrected chi connectivity index (χ0v) is 102. The smallest absolute Gasteiger partial charge is 0.315 e. The number of aliphatic imine (C=N–C) groups is 2. The van der Waals surface area contributed by atoms with E-state index in [0.717, 1.165) is 93.7 Å². The van der Waals surface area contributed by atoms with Gasteiger partial charge in [0.15, 0.2) is 23.4 Å². The van der Waals surface area contributed by atoms with Crippen LogP contribution in [0.5, 0.6) is 0 Å². The lowest BCUT2D eigenvalue weighted by Crippen LogP contribution is -2.17. The summed E-state index contributed by atoms with van der Waals surface area (Å²) in [6.07, 6.45) is 8.69. The Morgan fingerprint density at radius 2 is 1.03 bits per heavy atom. The molecule has 0 bridgehead atoms. The molecule has 2 aliphatic heterocycles. The Labute approximate surface area is 896 Å². The predicted octanol–water partition coefficient (Wildman–Crippen LogP) is 29.0. The third-order valence-electron chi connectivity index (χ3n) is 18.8. The number of thiazole rings is 3. The van der Waals surface area contributed by atoms with Gasteiger partial charge in [0, 0.05) is 162 Å². The first-order chi connectivity index (χ1) is 67.0. The molecule has 38 heteroatoms. The minimum Gasteiger partial charge on any atom is -0.448 e. The van der Waals surface area contributed by atoms with Crippen LogP contribution in [-0.2, 0) is 84.6 Å². The van der Waals surface area contributed by atoms with Gasteiger partial charge in [-0.15, -0.1) is 125 Å². The molecule has 146 heavy (non-hydrogen) atoms. The zero-order valence-electron chi connectivity index (χ0n) is 97.3. The number of ketones is 1. The lowest BCUT2D eigenvalue weighted by atomic mass is 9.88. The minimum absolute atomic E-state index is 0.00914. The second-order valence-corrected chi connectivity index (χ2v) is 52.6. The second kappa shape index (κ2) is 60.1. The Morgan fingerprint density at radius 1 is 0.486 bits per heavy atom. The molecule has 0 saturated carbocycles. The third-order valence-corrected chi connectivity index (χ3v) is 26.3. The number of amides is 1. The van der Waals surface area contributed by atoms with Crippen molar-refractivity contribution in [2.45, 2.75) is 424 Å². The highest BCUT2D eigenvalue weighted by atomic mass is 32.2. The number of anilines is 1. The van der Waals surface area contributed by atoms with E-state index in [2.05, 4.69) is 326 Å². The van der Waals surface area contributed by atoms with Crippen molar-refractivity contribution in [3.8, 4) is 11.4 Å². The van der Waals surface area contributed by atoms with Crippen LogP contribution >= 0.6 is 68.4 Å². The van der Waals surface area contributed by atoms with Gasteiger partial charge < -0.3 is 31.9 Å². The normalized spacial score (nSPS) is 12.7. The molecule has 2 aliphatic rings. The average Bonchev–Trinajstić information content (AvgIpc) is 1.67. The van der Waals surface area contributed by atoms with Crippen molar-refractivity contribution in [3.05, 3.63) is 177 Å². The largest absolute Gasteiger partial charge is 0.448 e. The molecule has 0 aliphatic carbocycles. The fraction of sp³-hybridized carbons (Fsp3) is 0.648. The van der Waals surface area contributed by atoms with Gasteiger partial charge in [-0.2, -0.15) is 10.1 Å². The van der Waals surface area contributed by atoms with Crippen molar-refractivity contribution in [3.63, 3.8) is 0 Å². The van der Waals surface area contributed by atoms with E-state index in [-0.39, 0.29) is 72.3 Å². The van der Waals surface area contributed by atoms with E-state index in [1.807, 2.05) is 178 Å². The number of benzene rings is 1. The summed E-state index contributed by atoms with van der Waals surface area (Å²) in [6, 6.07) is 10.6. The van der Waals surface area contributed by atoms with Gasteiger partial charge in [-0.05, 0) is 47.5 Å². The Bertz CT molecular complexity index is 5630. The first-order valence-corrected chi connectivity index (χ1v) is 55.2. The van der Waals surface area contributed by atoms with Crippen LogP contribution in [0.25, 0.3) is 11.4 Å². The summed E-state index contributed by atoms with van der Waals surface area (Å²) in [4.78, 5) is 55.6. The first kappa shape index (κ1) is 132. The van der Waals surface area contributed by atoms with Crippen molar-refractivity contribution in [1.29, 1.82) is 0 Å². The number of hydrogen-bond acceptors (Lipinski definition) is 36. The summed E-state index contributed by atoms with van der Waals surface area (Å²) >= 11 is 10.4. The molecule has 0 saturated heterocycles. The summed E-state index contributed by atoms with van der Waals surface area (Å²) in [5.41, 5.74) is 7.29. The molecule has 1 aromatic carbocycles. The monoisotopic (exact) mass is 2130 g/mol. The van der Waals surface area contributed by atoms with E-state index >= 15 is 0 Å². The molecule has 14 heterocycles. The van der Waals surface area contributed by atoms with E-state index in [4.69, 9.17) is 26.6 Å². The molecule has 1 amide bonds. The first-order valence-electron chi connectivity index (χ1n) is 49.8. The molecule has 15 rings (SSSR count). The Kier molecular flexibility index (Phi) is 54.4. The third kappa shape index (κ3) is 52.8. The number of aromatic nitrogens is 21. The molecule has 0 atom stereocenters. The van der Waals surface area contributed by atoms with Gasteiger partial charge in [0.1, 0.15) is 32.6 Å². The SMILES string of the molecule is CC(=O)Cc1nnc(C(C)(C)C)o1.CC(C)(C)C1=NC(=O)CC1.CC(C)(C)C1=NCCS1.CC(C)(C)c1ncco1.CC(C)(C)c1nccs1.CC(C)(C)c1nncs1.CCNc1nnc(C(C)(C)C)o1.CCc1csc(C(C)(C)C)n1.CCc1nnc(C(C)C)o1.Cc1csc(C(C)(C)C)n1.Cc1nnc(C(C)(C)C)o1.Cc1nnc(C(C)C)s1.Cc1noc(C(C)C)n1.Cn1nc(C(C)(C)C)nc1-c1ccccc1. The Morgan fingerprint density at radius 3 is 1.32 bits per heavy atom. The number of hydrogen-bond donors (Lipinski definition) is 1. The molecule has 0 spiro atoms. The van der Waals surface area contributed by atoms with Crippen LogP contribution in [-0.4, -0.2) is 147 Å². The van der Waals surface area contributed by atoms with E-state index in [0.29, 0.717) is 76.8 Å². The Balaban J connectivity index is 0.000000533. The molecular weight excluding hydrogens is 1950 g/mol. The van der Waals surface area contributed by atoms with Crippen LogP contribution in [0.4, 0.5) is 6.01 Å². The molecule has 12 aromatic heterocycles. The van der Waals surface area contributed by atoms with E-state index in [1.165, 1.54) is 38.4 Å². The maximum Gasteiger partial charge on any atom is 0.315 e. The lowest BCUT2D eigenvalue weighted by molar-refractivity contribution is -0.117. The van der Waals surface area contributed by atoms with Crippen LogP contribution in [0.2, 0.25) is 0 Å². The summed E-state index contributed by atoms with van der Waals surface area (Å²) < 4.78 is 33.0. The van der Waals surface area contributed by atoms with Gasteiger partial charge in [0.2, 0.25) is 53.0 Å². The summed E-state index contributed by atoms with van der Waals surface area (Å²) in [5.74, 6) is 10.9. The molecule has 812 valence electrons. The van der Waals surface area contributed by atoms with Gasteiger partial charge in [-0.1, -0.05) is 324 Å². The minimum atomic E-state index is -0.151. The quantitative estimate of drug-likeness (QED) is 0.133. The second-order valence-electron chi connectivity index (χ2n) is 46.8. The van der Waals surface area contributed by atoms with Crippen molar-refractivity contribution >= 4 is 96.9 Å². The van der Waals surface area contributed by atoms with Crippen LogP contribution in [0, 0.1) is 38.5 Å². The zero-order chi connectivity index (χ0) is 112. The summed E-state index contributed by atoms with van der Waals surface area (Å²) in [7, 11) is 1.94. The maximum absolute atomic E-state index is 10.7. The molecular formula is C108H176N24O8S6. The van der Waals surface area contributed by atoms with E-state index < -0.39 is 0 Å². The van der Waals surface area contributed by atoms with Crippen molar-refractivity contribution in [2.75, 3.05) is 24.2 Å². The topological polar surface area (TPSA) is 412 Å². The maximum atomic E-state index is 10.7.